The molecule has 3 nitrogen and oxygen atoms in total. The van der Waals surface area contributed by atoms with Crippen molar-refractivity contribution in [1.82, 2.24) is 10.3 Å². The number of pyridine rings is 1. The van der Waals surface area contributed by atoms with Gasteiger partial charge in [0.15, 0.2) is 0 Å². The van der Waals surface area contributed by atoms with Crippen molar-refractivity contribution in [3.05, 3.63) is 36.7 Å². The molecule has 1 aromatic carbocycles. The first kappa shape index (κ1) is 13.4. The molecule has 3 heteroatoms. The first-order valence-corrected chi connectivity index (χ1v) is 7.60. The molecule has 20 heavy (non-hydrogen) atoms. The van der Waals surface area contributed by atoms with E-state index >= 15 is 0 Å². The molecule has 0 bridgehead atoms. The molecule has 1 aliphatic heterocycles. The van der Waals surface area contributed by atoms with E-state index in [0.717, 1.165) is 19.6 Å². The third-order valence-electron chi connectivity index (χ3n) is 4.54. The number of rotatable bonds is 3. The lowest BCUT2D eigenvalue weighted by molar-refractivity contribution is 0.342. The Balaban J connectivity index is 1.91. The zero-order chi connectivity index (χ0) is 13.9. The van der Waals surface area contributed by atoms with Gasteiger partial charge in [-0.25, -0.2) is 0 Å². The van der Waals surface area contributed by atoms with Gasteiger partial charge in [-0.3, -0.25) is 4.98 Å². The Bertz CT molecular complexity index is 576. The molecule has 2 atom stereocenters. The van der Waals surface area contributed by atoms with Crippen LogP contribution in [0.5, 0.6) is 0 Å². The van der Waals surface area contributed by atoms with Crippen molar-refractivity contribution in [1.29, 1.82) is 0 Å². The van der Waals surface area contributed by atoms with Crippen molar-refractivity contribution in [2.24, 2.45) is 5.92 Å². The van der Waals surface area contributed by atoms with E-state index in [4.69, 9.17) is 0 Å². The van der Waals surface area contributed by atoms with Crippen LogP contribution in [0, 0.1) is 5.92 Å². The molecule has 106 valence electrons. The predicted molar refractivity (Wildman–Crippen MR) is 85.2 cm³/mol. The maximum absolute atomic E-state index is 4.30. The molecule has 1 aliphatic rings. The van der Waals surface area contributed by atoms with E-state index in [1.807, 2.05) is 12.4 Å². The van der Waals surface area contributed by atoms with Crippen molar-refractivity contribution in [2.45, 2.75) is 26.3 Å². The highest BCUT2D eigenvalue weighted by Crippen LogP contribution is 2.27. The van der Waals surface area contributed by atoms with Crippen LogP contribution < -0.4 is 10.2 Å². The van der Waals surface area contributed by atoms with Crippen LogP contribution in [-0.2, 0) is 0 Å². The van der Waals surface area contributed by atoms with Gasteiger partial charge in [0.1, 0.15) is 0 Å². The van der Waals surface area contributed by atoms with Crippen molar-refractivity contribution in [2.75, 3.05) is 24.5 Å². The van der Waals surface area contributed by atoms with Crippen LogP contribution >= 0.6 is 0 Å². The van der Waals surface area contributed by atoms with Crippen molar-refractivity contribution >= 4 is 16.5 Å². The number of hydrogen-bond donors (Lipinski definition) is 1. The number of hydrogen-bond acceptors (Lipinski definition) is 3. The first-order chi connectivity index (χ1) is 9.79. The Morgan fingerprint density at radius 2 is 2.30 bits per heavy atom. The second kappa shape index (κ2) is 5.80. The number of nitrogens with zero attached hydrogens (tertiary/aromatic N) is 2. The SMILES string of the molecule is CCC(C)C1CN(c2cccc3ccncc23)CCN1. The summed E-state index contributed by atoms with van der Waals surface area (Å²) in [4.78, 5) is 6.81. The fourth-order valence-electron chi connectivity index (χ4n) is 3.04. The quantitative estimate of drug-likeness (QED) is 0.928. The van der Waals surface area contributed by atoms with Crippen LogP contribution in [0.1, 0.15) is 20.3 Å². The van der Waals surface area contributed by atoms with Gasteiger partial charge in [-0.05, 0) is 23.4 Å². The maximum atomic E-state index is 4.30. The summed E-state index contributed by atoms with van der Waals surface area (Å²) < 4.78 is 0. The second-order valence-electron chi connectivity index (χ2n) is 5.77. The Morgan fingerprint density at radius 3 is 3.15 bits per heavy atom. The Labute approximate surface area is 121 Å². The lowest BCUT2D eigenvalue weighted by atomic mass is 9.96. The summed E-state index contributed by atoms with van der Waals surface area (Å²) in [6.45, 7) is 7.83. The van der Waals surface area contributed by atoms with E-state index < -0.39 is 0 Å². The normalized spacial score (nSPS) is 21.1. The van der Waals surface area contributed by atoms with E-state index in [9.17, 15) is 0 Å². The zero-order valence-corrected chi connectivity index (χ0v) is 12.3. The monoisotopic (exact) mass is 269 g/mol. The average molecular weight is 269 g/mol. The van der Waals surface area contributed by atoms with E-state index in [1.165, 1.54) is 22.9 Å². The van der Waals surface area contributed by atoms with Crippen LogP contribution in [0.3, 0.4) is 0 Å². The molecule has 3 rings (SSSR count). The molecule has 0 aliphatic carbocycles. The van der Waals surface area contributed by atoms with Crippen molar-refractivity contribution < 1.29 is 0 Å². The van der Waals surface area contributed by atoms with Gasteiger partial charge >= 0.3 is 0 Å². The van der Waals surface area contributed by atoms with Crippen molar-refractivity contribution in [3.8, 4) is 0 Å². The van der Waals surface area contributed by atoms with E-state index in [0.29, 0.717) is 12.0 Å². The molecule has 1 aromatic heterocycles. The molecule has 0 spiro atoms. The molecular formula is C17H23N3. The number of aromatic nitrogens is 1. The Hall–Kier alpha value is -1.61. The van der Waals surface area contributed by atoms with E-state index in [1.54, 1.807) is 0 Å². The molecule has 2 unspecified atom stereocenters. The highest BCUT2D eigenvalue weighted by atomic mass is 15.2. The minimum absolute atomic E-state index is 0.584. The molecule has 1 fully saturated rings. The summed E-state index contributed by atoms with van der Waals surface area (Å²) >= 11 is 0. The van der Waals surface area contributed by atoms with Gasteiger partial charge in [0.05, 0.1) is 0 Å². The lowest BCUT2D eigenvalue weighted by Gasteiger charge is -2.38. The second-order valence-corrected chi connectivity index (χ2v) is 5.77. The topological polar surface area (TPSA) is 28.2 Å². The molecule has 1 N–H and O–H groups in total. The van der Waals surface area contributed by atoms with Crippen LogP contribution in [0.2, 0.25) is 0 Å². The van der Waals surface area contributed by atoms with Gasteiger partial charge in [0, 0.05) is 49.1 Å². The number of nitrogens with one attached hydrogen (secondary N) is 1. The summed E-state index contributed by atoms with van der Waals surface area (Å²) in [5, 5.41) is 6.20. The van der Waals surface area contributed by atoms with Gasteiger partial charge in [-0.1, -0.05) is 32.4 Å². The van der Waals surface area contributed by atoms with Gasteiger partial charge in [0.25, 0.3) is 0 Å². The molecule has 2 heterocycles. The first-order valence-electron chi connectivity index (χ1n) is 7.60. The molecule has 0 radical (unpaired) electrons. The minimum atomic E-state index is 0.584. The van der Waals surface area contributed by atoms with Crippen LogP contribution in [0.4, 0.5) is 5.69 Å². The van der Waals surface area contributed by atoms with Crippen LogP contribution in [0.25, 0.3) is 10.8 Å². The summed E-state index contributed by atoms with van der Waals surface area (Å²) in [6, 6.07) is 9.21. The molecule has 0 amide bonds. The maximum Gasteiger partial charge on any atom is 0.0462 e. The van der Waals surface area contributed by atoms with Gasteiger partial charge in [0.2, 0.25) is 0 Å². The van der Waals surface area contributed by atoms with Gasteiger partial charge in [-0.15, -0.1) is 0 Å². The molecular weight excluding hydrogens is 246 g/mol. The summed E-state index contributed by atoms with van der Waals surface area (Å²) in [5.74, 6) is 0.714. The highest BCUT2D eigenvalue weighted by Gasteiger charge is 2.24. The summed E-state index contributed by atoms with van der Waals surface area (Å²) in [5.41, 5.74) is 1.32. The Morgan fingerprint density at radius 1 is 1.40 bits per heavy atom. The van der Waals surface area contributed by atoms with E-state index in [2.05, 4.69) is 53.3 Å². The summed E-state index contributed by atoms with van der Waals surface area (Å²) in [7, 11) is 0. The Kier molecular flexibility index (Phi) is 3.88. The number of fused-ring (bicyclic) bond motifs is 1. The average Bonchev–Trinajstić information content (AvgIpc) is 2.53. The molecule has 0 saturated carbocycles. The van der Waals surface area contributed by atoms with Crippen molar-refractivity contribution in [3.63, 3.8) is 0 Å². The number of benzene rings is 1. The third kappa shape index (κ3) is 2.50. The minimum Gasteiger partial charge on any atom is -0.368 e. The van der Waals surface area contributed by atoms with Crippen LogP contribution in [0.15, 0.2) is 36.7 Å². The zero-order valence-electron chi connectivity index (χ0n) is 12.3. The summed E-state index contributed by atoms with van der Waals surface area (Å²) in [6.07, 6.45) is 5.08. The fraction of sp³-hybridized carbons (Fsp3) is 0.471. The third-order valence-corrected chi connectivity index (χ3v) is 4.54. The van der Waals surface area contributed by atoms with Gasteiger partial charge in [-0.2, -0.15) is 0 Å². The molecule has 1 saturated heterocycles. The number of piperazine rings is 1. The smallest absolute Gasteiger partial charge is 0.0462 e. The predicted octanol–water partition coefficient (Wildman–Crippen LogP) is 3.06. The van der Waals surface area contributed by atoms with E-state index in [-0.39, 0.29) is 0 Å². The van der Waals surface area contributed by atoms with Gasteiger partial charge < -0.3 is 10.2 Å². The standard InChI is InChI=1S/C17H23N3/c1-3-13(2)16-12-20(10-9-19-16)17-6-4-5-14-7-8-18-11-15(14)17/h4-8,11,13,16,19H,3,9-10,12H2,1-2H3. The largest absolute Gasteiger partial charge is 0.368 e. The van der Waals surface area contributed by atoms with Crippen LogP contribution in [-0.4, -0.2) is 30.7 Å². The fourth-order valence-corrected chi connectivity index (χ4v) is 3.04. The lowest BCUT2D eigenvalue weighted by Crippen LogP contribution is -2.53. The highest BCUT2D eigenvalue weighted by molar-refractivity contribution is 5.93. The molecule has 2 aromatic rings. The number of anilines is 1.